The number of ether oxygens (including phenoxy) is 1. The summed E-state index contributed by atoms with van der Waals surface area (Å²) < 4.78 is 6.69. The Morgan fingerprint density at radius 1 is 1.07 bits per heavy atom. The quantitative estimate of drug-likeness (QED) is 0.454. The number of hydrogen-bond acceptors (Lipinski definition) is 5. The van der Waals surface area contributed by atoms with Gasteiger partial charge >= 0.3 is 5.97 Å². The molecule has 0 amide bonds. The molecule has 0 N–H and O–H groups in total. The third kappa shape index (κ3) is 3.82. The zero-order valence-electron chi connectivity index (χ0n) is 17.3. The smallest absolute Gasteiger partial charge is 0.339 e. The van der Waals surface area contributed by atoms with Crippen LogP contribution in [0.3, 0.4) is 0 Å². The molecule has 6 heteroatoms. The molecule has 6 nitrogen and oxygen atoms in total. The maximum atomic E-state index is 11.9. The summed E-state index contributed by atoms with van der Waals surface area (Å²) in [5.74, 6) is -0.401. The first kappa shape index (κ1) is 19.8. The fraction of sp³-hybridized carbons (Fsp3) is 0.208. The molecule has 2 heterocycles. The maximum Gasteiger partial charge on any atom is 0.339 e. The fourth-order valence-corrected chi connectivity index (χ4v) is 3.80. The molecule has 0 radical (unpaired) electrons. The highest BCUT2D eigenvalue weighted by Gasteiger charge is 2.21. The van der Waals surface area contributed by atoms with E-state index in [1.807, 2.05) is 23.7 Å². The van der Waals surface area contributed by atoms with E-state index in [0.29, 0.717) is 12.2 Å². The second kappa shape index (κ2) is 8.47. The van der Waals surface area contributed by atoms with Crippen molar-refractivity contribution >= 4 is 17.0 Å². The van der Waals surface area contributed by atoms with Crippen LogP contribution in [0, 0.1) is 6.92 Å². The zero-order valence-corrected chi connectivity index (χ0v) is 17.3. The number of esters is 1. The summed E-state index contributed by atoms with van der Waals surface area (Å²) in [7, 11) is 3.45. The van der Waals surface area contributed by atoms with E-state index in [1.54, 1.807) is 6.07 Å². The standard InChI is InChI=1S/C24H24N4O2/c1-17-21-14-20(24(29)30-3)15-25-23(21)28(26-17)16-27(2)22(18-10-6-4-7-11-18)19-12-8-5-9-13-19/h4-15,22H,16H2,1-3H3. The van der Waals surface area contributed by atoms with Crippen molar-refractivity contribution in [2.24, 2.45) is 0 Å². The molecule has 152 valence electrons. The van der Waals surface area contributed by atoms with Crippen molar-refractivity contribution in [2.45, 2.75) is 19.6 Å². The average Bonchev–Trinajstić information content (AvgIpc) is 3.09. The highest BCUT2D eigenvalue weighted by atomic mass is 16.5. The minimum absolute atomic E-state index is 0.0706. The molecule has 0 fully saturated rings. The van der Waals surface area contributed by atoms with Crippen LogP contribution in [-0.4, -0.2) is 39.8 Å². The molecular formula is C24H24N4O2. The molecule has 0 saturated heterocycles. The number of fused-ring (bicyclic) bond motifs is 1. The van der Waals surface area contributed by atoms with E-state index in [4.69, 9.17) is 4.74 Å². The number of carbonyl (C=O) groups excluding carboxylic acids is 1. The van der Waals surface area contributed by atoms with Gasteiger partial charge in [-0.1, -0.05) is 60.7 Å². The SMILES string of the molecule is COC(=O)c1cnc2c(c1)c(C)nn2CN(C)C(c1ccccc1)c1ccccc1. The predicted molar refractivity (Wildman–Crippen MR) is 116 cm³/mol. The first-order valence-electron chi connectivity index (χ1n) is 9.80. The lowest BCUT2D eigenvalue weighted by atomic mass is 9.98. The van der Waals surface area contributed by atoms with Crippen molar-refractivity contribution in [1.82, 2.24) is 19.7 Å². The van der Waals surface area contributed by atoms with Gasteiger partial charge in [-0.15, -0.1) is 0 Å². The highest BCUT2D eigenvalue weighted by Crippen LogP contribution is 2.28. The van der Waals surface area contributed by atoms with Gasteiger partial charge in [0, 0.05) is 11.6 Å². The number of aryl methyl sites for hydroxylation is 1. The Morgan fingerprint density at radius 2 is 1.67 bits per heavy atom. The van der Waals surface area contributed by atoms with E-state index in [0.717, 1.165) is 16.7 Å². The number of hydrogen-bond donors (Lipinski definition) is 0. The average molecular weight is 400 g/mol. The van der Waals surface area contributed by atoms with Crippen LogP contribution < -0.4 is 0 Å². The van der Waals surface area contributed by atoms with Crippen LogP contribution in [0.25, 0.3) is 11.0 Å². The monoisotopic (exact) mass is 400 g/mol. The Labute approximate surface area is 175 Å². The van der Waals surface area contributed by atoms with Crippen LogP contribution in [-0.2, 0) is 11.4 Å². The van der Waals surface area contributed by atoms with E-state index in [9.17, 15) is 4.79 Å². The topological polar surface area (TPSA) is 60.2 Å². The minimum atomic E-state index is -0.401. The summed E-state index contributed by atoms with van der Waals surface area (Å²) >= 11 is 0. The Bertz CT molecular complexity index is 1120. The van der Waals surface area contributed by atoms with Crippen molar-refractivity contribution in [3.05, 3.63) is 95.3 Å². The molecule has 4 aromatic rings. The van der Waals surface area contributed by atoms with Crippen molar-refractivity contribution in [3.63, 3.8) is 0 Å². The lowest BCUT2D eigenvalue weighted by Crippen LogP contribution is -2.28. The van der Waals surface area contributed by atoms with E-state index in [2.05, 4.69) is 70.6 Å². The number of rotatable bonds is 6. The molecule has 0 bridgehead atoms. The second-order valence-corrected chi connectivity index (χ2v) is 7.29. The van der Waals surface area contributed by atoms with Crippen LogP contribution >= 0.6 is 0 Å². The number of aromatic nitrogens is 3. The third-order valence-electron chi connectivity index (χ3n) is 5.22. The first-order chi connectivity index (χ1) is 14.6. The Morgan fingerprint density at radius 3 is 2.23 bits per heavy atom. The zero-order chi connectivity index (χ0) is 21.1. The summed E-state index contributed by atoms with van der Waals surface area (Å²) in [6.07, 6.45) is 1.54. The second-order valence-electron chi connectivity index (χ2n) is 7.29. The van der Waals surface area contributed by atoms with Crippen LogP contribution in [0.5, 0.6) is 0 Å². The van der Waals surface area contributed by atoms with Gasteiger partial charge in [-0.05, 0) is 31.2 Å². The van der Waals surface area contributed by atoms with Gasteiger partial charge in [0.15, 0.2) is 5.65 Å². The molecule has 0 aliphatic carbocycles. The van der Waals surface area contributed by atoms with Crippen molar-refractivity contribution in [1.29, 1.82) is 0 Å². The van der Waals surface area contributed by atoms with E-state index in [1.165, 1.54) is 24.4 Å². The predicted octanol–water partition coefficient (Wildman–Crippen LogP) is 4.21. The van der Waals surface area contributed by atoms with Gasteiger partial charge < -0.3 is 4.74 Å². The molecule has 0 atom stereocenters. The lowest BCUT2D eigenvalue weighted by Gasteiger charge is -2.29. The largest absolute Gasteiger partial charge is 0.465 e. The Hall–Kier alpha value is -3.51. The molecular weight excluding hydrogens is 376 g/mol. The number of methoxy groups -OCH3 is 1. The minimum Gasteiger partial charge on any atom is -0.465 e. The maximum absolute atomic E-state index is 11.9. The van der Waals surface area contributed by atoms with Gasteiger partial charge in [-0.25, -0.2) is 14.5 Å². The van der Waals surface area contributed by atoms with Crippen LogP contribution in [0.1, 0.15) is 33.2 Å². The summed E-state index contributed by atoms with van der Waals surface area (Å²) in [4.78, 5) is 18.6. The van der Waals surface area contributed by atoms with Crippen molar-refractivity contribution < 1.29 is 9.53 Å². The number of benzene rings is 2. The molecule has 0 spiro atoms. The molecule has 0 unspecified atom stereocenters. The van der Waals surface area contributed by atoms with Crippen LogP contribution in [0.2, 0.25) is 0 Å². The number of carbonyl (C=O) groups is 1. The molecule has 0 aliphatic rings. The summed E-state index contributed by atoms with van der Waals surface area (Å²) in [6.45, 7) is 2.47. The number of pyridine rings is 1. The molecule has 2 aromatic carbocycles. The molecule has 30 heavy (non-hydrogen) atoms. The Balaban J connectivity index is 1.70. The molecule has 4 rings (SSSR count). The summed E-state index contributed by atoms with van der Waals surface area (Å²) in [5, 5.41) is 5.54. The molecule has 2 aromatic heterocycles. The summed E-state index contributed by atoms with van der Waals surface area (Å²) in [5.41, 5.74) is 4.41. The van der Waals surface area contributed by atoms with Gasteiger partial charge in [0.2, 0.25) is 0 Å². The van der Waals surface area contributed by atoms with Gasteiger partial charge in [-0.3, -0.25) is 4.90 Å². The van der Waals surface area contributed by atoms with E-state index in [-0.39, 0.29) is 6.04 Å². The normalized spacial score (nSPS) is 11.4. The fourth-order valence-electron chi connectivity index (χ4n) is 3.80. The van der Waals surface area contributed by atoms with E-state index < -0.39 is 5.97 Å². The molecule has 0 saturated carbocycles. The Kier molecular flexibility index (Phi) is 5.59. The van der Waals surface area contributed by atoms with Gasteiger partial charge in [0.25, 0.3) is 0 Å². The van der Waals surface area contributed by atoms with Crippen LogP contribution in [0.4, 0.5) is 0 Å². The lowest BCUT2D eigenvalue weighted by molar-refractivity contribution is 0.0600. The van der Waals surface area contributed by atoms with Crippen LogP contribution in [0.15, 0.2) is 72.9 Å². The summed E-state index contributed by atoms with van der Waals surface area (Å²) in [6, 6.07) is 22.7. The van der Waals surface area contributed by atoms with Gasteiger partial charge in [0.1, 0.15) is 0 Å². The van der Waals surface area contributed by atoms with Crippen molar-refractivity contribution in [3.8, 4) is 0 Å². The third-order valence-corrected chi connectivity index (χ3v) is 5.22. The van der Waals surface area contributed by atoms with Gasteiger partial charge in [-0.2, -0.15) is 5.10 Å². The van der Waals surface area contributed by atoms with Gasteiger partial charge in [0.05, 0.1) is 31.1 Å². The van der Waals surface area contributed by atoms with Crippen molar-refractivity contribution in [2.75, 3.05) is 14.2 Å². The number of nitrogens with zero attached hydrogens (tertiary/aromatic N) is 4. The first-order valence-corrected chi connectivity index (χ1v) is 9.80. The molecule has 0 aliphatic heterocycles. The highest BCUT2D eigenvalue weighted by molar-refractivity contribution is 5.93. The van der Waals surface area contributed by atoms with E-state index >= 15 is 0 Å².